The molecule has 2 N–H and O–H groups in total. The lowest BCUT2D eigenvalue weighted by Crippen LogP contribution is -2.76. The average molecular weight is 376 g/mol. The molecule has 0 aromatic heterocycles. The van der Waals surface area contributed by atoms with Crippen LogP contribution in [0.3, 0.4) is 0 Å². The smallest absolute Gasteiger partial charge is 0.330 e. The molecule has 1 fully saturated rings. The second-order valence-corrected chi connectivity index (χ2v) is 8.55. The van der Waals surface area contributed by atoms with E-state index < -0.39 is 16.9 Å². The molecule has 1 aromatic carbocycles. The minimum atomic E-state index is -1.27. The minimum Gasteiger partial charge on any atom is -0.479 e. The number of carboxylic acids is 1. The van der Waals surface area contributed by atoms with Crippen LogP contribution in [0.25, 0.3) is 0 Å². The van der Waals surface area contributed by atoms with Gasteiger partial charge < -0.3 is 15.2 Å². The molecule has 0 aliphatic heterocycles. The summed E-state index contributed by atoms with van der Waals surface area (Å²) in [5, 5.41) is 12.6. The number of carbonyl (C=O) groups is 2. The molecule has 1 aliphatic rings. The maximum absolute atomic E-state index is 12.7. The van der Waals surface area contributed by atoms with Gasteiger partial charge in [-0.3, -0.25) is 4.79 Å². The molecule has 1 saturated carbocycles. The van der Waals surface area contributed by atoms with E-state index in [1.165, 1.54) is 5.56 Å². The first-order valence-electron chi connectivity index (χ1n) is 9.81. The number of benzene rings is 1. The molecule has 0 saturated heterocycles. The van der Waals surface area contributed by atoms with Crippen molar-refractivity contribution in [3.05, 3.63) is 35.4 Å². The number of amides is 1. The fraction of sp³-hybridized carbons (Fsp3) is 0.636. The molecule has 2 rings (SSSR count). The van der Waals surface area contributed by atoms with Gasteiger partial charge in [-0.15, -0.1) is 0 Å². The van der Waals surface area contributed by atoms with E-state index in [9.17, 15) is 14.7 Å². The van der Waals surface area contributed by atoms with E-state index in [0.717, 1.165) is 5.56 Å². The van der Waals surface area contributed by atoms with Gasteiger partial charge in [0, 0.05) is 24.9 Å². The summed E-state index contributed by atoms with van der Waals surface area (Å²) in [7, 11) is 0. The molecule has 5 heteroatoms. The van der Waals surface area contributed by atoms with Gasteiger partial charge in [0.05, 0.1) is 6.10 Å². The molecule has 3 atom stereocenters. The van der Waals surface area contributed by atoms with E-state index in [1.54, 1.807) is 0 Å². The largest absolute Gasteiger partial charge is 0.479 e. The highest BCUT2D eigenvalue weighted by molar-refractivity contribution is 5.89. The van der Waals surface area contributed by atoms with Crippen molar-refractivity contribution < 1.29 is 19.4 Å². The van der Waals surface area contributed by atoms with Crippen LogP contribution in [0.15, 0.2) is 24.3 Å². The van der Waals surface area contributed by atoms with Gasteiger partial charge in [0.25, 0.3) is 0 Å². The van der Waals surface area contributed by atoms with E-state index in [1.807, 2.05) is 27.7 Å². The SMILES string of the molecule is CCOC1CC(NC(=O)CC(C)c2ccc(C(C)C)cc2)(C(=O)O)C1(C)C. The van der Waals surface area contributed by atoms with E-state index in [0.29, 0.717) is 18.9 Å². The van der Waals surface area contributed by atoms with Crippen molar-refractivity contribution in [2.45, 2.75) is 77.9 Å². The summed E-state index contributed by atoms with van der Waals surface area (Å²) in [6.07, 6.45) is 0.387. The quantitative estimate of drug-likeness (QED) is 0.718. The average Bonchev–Trinajstić information content (AvgIpc) is 2.60. The maximum Gasteiger partial charge on any atom is 0.330 e. The summed E-state index contributed by atoms with van der Waals surface area (Å²) in [6, 6.07) is 8.29. The van der Waals surface area contributed by atoms with Gasteiger partial charge in [-0.25, -0.2) is 4.79 Å². The molecule has 1 amide bonds. The van der Waals surface area contributed by atoms with Crippen LogP contribution in [0.2, 0.25) is 0 Å². The van der Waals surface area contributed by atoms with Crippen LogP contribution in [-0.4, -0.2) is 35.2 Å². The normalized spacial score (nSPS) is 24.9. The molecule has 27 heavy (non-hydrogen) atoms. The number of hydrogen-bond donors (Lipinski definition) is 2. The summed E-state index contributed by atoms with van der Waals surface area (Å²) in [5.74, 6) is -0.748. The maximum atomic E-state index is 12.7. The van der Waals surface area contributed by atoms with Crippen LogP contribution in [0, 0.1) is 5.41 Å². The molecular weight excluding hydrogens is 342 g/mol. The third-order valence-electron chi connectivity index (χ3n) is 6.15. The van der Waals surface area contributed by atoms with Crippen LogP contribution in [0.5, 0.6) is 0 Å². The number of aliphatic carboxylic acids is 1. The summed E-state index contributed by atoms with van der Waals surface area (Å²) < 4.78 is 5.65. The number of ether oxygens (including phenoxy) is 1. The Morgan fingerprint density at radius 3 is 2.19 bits per heavy atom. The molecule has 5 nitrogen and oxygen atoms in total. The molecule has 0 heterocycles. The van der Waals surface area contributed by atoms with Crippen molar-refractivity contribution in [3.63, 3.8) is 0 Å². The van der Waals surface area contributed by atoms with Gasteiger partial charge >= 0.3 is 5.97 Å². The molecule has 150 valence electrons. The highest BCUT2D eigenvalue weighted by Gasteiger charge is 2.66. The zero-order valence-electron chi connectivity index (χ0n) is 17.3. The third kappa shape index (κ3) is 4.03. The number of carboxylic acid groups (broad SMARTS) is 1. The molecule has 1 aromatic rings. The van der Waals surface area contributed by atoms with Crippen LogP contribution < -0.4 is 5.32 Å². The minimum absolute atomic E-state index is 0.0166. The fourth-order valence-corrected chi connectivity index (χ4v) is 3.93. The Balaban J connectivity index is 2.05. The molecule has 0 spiro atoms. The Morgan fingerprint density at radius 1 is 1.19 bits per heavy atom. The number of rotatable bonds is 8. The van der Waals surface area contributed by atoms with Crippen molar-refractivity contribution in [3.8, 4) is 0 Å². The second-order valence-electron chi connectivity index (χ2n) is 8.55. The van der Waals surface area contributed by atoms with E-state index in [4.69, 9.17) is 4.74 Å². The predicted octanol–water partition coefficient (Wildman–Crippen LogP) is 4.08. The first-order chi connectivity index (χ1) is 12.5. The zero-order chi connectivity index (χ0) is 20.4. The van der Waals surface area contributed by atoms with Gasteiger partial charge in [0.15, 0.2) is 0 Å². The van der Waals surface area contributed by atoms with Gasteiger partial charge in [-0.1, -0.05) is 58.9 Å². The third-order valence-corrected chi connectivity index (χ3v) is 6.15. The molecule has 0 radical (unpaired) electrons. The van der Waals surface area contributed by atoms with Crippen molar-refractivity contribution in [1.29, 1.82) is 0 Å². The van der Waals surface area contributed by atoms with Crippen molar-refractivity contribution in [2.24, 2.45) is 5.41 Å². The van der Waals surface area contributed by atoms with Crippen LogP contribution in [0.4, 0.5) is 0 Å². The Kier molecular flexibility index (Phi) is 6.35. The number of hydrogen-bond acceptors (Lipinski definition) is 3. The summed E-state index contributed by atoms with van der Waals surface area (Å²) in [4.78, 5) is 24.6. The topological polar surface area (TPSA) is 75.6 Å². The first-order valence-corrected chi connectivity index (χ1v) is 9.81. The lowest BCUT2D eigenvalue weighted by atomic mass is 9.54. The van der Waals surface area contributed by atoms with Gasteiger partial charge in [-0.2, -0.15) is 0 Å². The van der Waals surface area contributed by atoms with Gasteiger partial charge in [-0.05, 0) is 29.9 Å². The second kappa shape index (κ2) is 8.01. The summed E-state index contributed by atoms with van der Waals surface area (Å²) >= 11 is 0. The van der Waals surface area contributed by atoms with E-state index >= 15 is 0 Å². The predicted molar refractivity (Wildman–Crippen MR) is 106 cm³/mol. The number of carbonyl (C=O) groups excluding carboxylic acids is 1. The van der Waals surface area contributed by atoms with E-state index in [2.05, 4.69) is 43.4 Å². The lowest BCUT2D eigenvalue weighted by Gasteiger charge is -2.58. The van der Waals surface area contributed by atoms with Crippen molar-refractivity contribution in [1.82, 2.24) is 5.32 Å². The molecule has 1 aliphatic carbocycles. The Morgan fingerprint density at radius 2 is 1.74 bits per heavy atom. The Bertz CT molecular complexity index is 680. The Hall–Kier alpha value is -1.88. The lowest BCUT2D eigenvalue weighted by molar-refractivity contribution is -0.194. The monoisotopic (exact) mass is 375 g/mol. The summed E-state index contributed by atoms with van der Waals surface area (Å²) in [5.41, 5.74) is 0.412. The van der Waals surface area contributed by atoms with Crippen LogP contribution in [0.1, 0.15) is 77.3 Å². The molecule has 3 unspecified atom stereocenters. The highest BCUT2D eigenvalue weighted by atomic mass is 16.5. The standard InChI is InChI=1S/C22H33NO4/c1-7-27-18-13-22(20(25)26,21(18,5)6)23-19(24)12-15(4)17-10-8-16(9-11-17)14(2)3/h8-11,14-15,18H,7,12-13H2,1-6H3,(H,23,24)(H,25,26). The summed E-state index contributed by atoms with van der Waals surface area (Å²) in [6.45, 7) is 12.4. The van der Waals surface area contributed by atoms with Gasteiger partial charge in [0.2, 0.25) is 5.91 Å². The van der Waals surface area contributed by atoms with E-state index in [-0.39, 0.29) is 24.3 Å². The Labute approximate surface area is 162 Å². The molecular formula is C22H33NO4. The fourth-order valence-electron chi connectivity index (χ4n) is 3.93. The van der Waals surface area contributed by atoms with Crippen molar-refractivity contribution >= 4 is 11.9 Å². The number of nitrogens with one attached hydrogen (secondary N) is 1. The van der Waals surface area contributed by atoms with Crippen molar-refractivity contribution in [2.75, 3.05) is 6.61 Å². The molecule has 0 bridgehead atoms. The van der Waals surface area contributed by atoms with Crippen LogP contribution in [-0.2, 0) is 14.3 Å². The first kappa shape index (κ1) is 21.4. The van der Waals surface area contributed by atoms with Crippen LogP contribution >= 0.6 is 0 Å². The zero-order valence-corrected chi connectivity index (χ0v) is 17.3. The highest BCUT2D eigenvalue weighted by Crippen LogP contribution is 2.51. The van der Waals surface area contributed by atoms with Gasteiger partial charge in [0.1, 0.15) is 5.54 Å².